The molecule has 80 heavy (non-hydrogen) atoms. The molecule has 2 aliphatic heterocycles. The van der Waals surface area contributed by atoms with Crippen LogP contribution in [-0.4, -0.2) is 160 Å². The number of amides is 7. The molecule has 7 rings (SSSR count). The van der Waals surface area contributed by atoms with Gasteiger partial charge < -0.3 is 46.7 Å². The van der Waals surface area contributed by atoms with Crippen LogP contribution in [0.1, 0.15) is 114 Å². The molecule has 25 heteroatoms. The summed E-state index contributed by atoms with van der Waals surface area (Å²) in [5.74, 6) is -11.0. The van der Waals surface area contributed by atoms with E-state index in [1.54, 1.807) is 94.4 Å². The molecule has 11 N–H and O–H groups in total. The van der Waals surface area contributed by atoms with Gasteiger partial charge in [-0.05, 0) is 92.9 Å². The van der Waals surface area contributed by atoms with Crippen molar-refractivity contribution in [3.63, 3.8) is 0 Å². The number of nitrogens with one attached hydrogen (secondary N) is 6. The van der Waals surface area contributed by atoms with Crippen LogP contribution in [0.2, 0.25) is 5.15 Å². The lowest BCUT2D eigenvalue weighted by molar-refractivity contribution is -0.316. The number of aromatic nitrogens is 1. The normalized spacial score (nSPS) is 29.4. The Kier molecular flexibility index (Phi) is 20.2. The van der Waals surface area contributed by atoms with E-state index in [0.717, 1.165) is 0 Å². The number of hydrogen-bond acceptors (Lipinski definition) is 16. The number of benzene rings is 2. The Hall–Kier alpha value is -6.93. The van der Waals surface area contributed by atoms with Gasteiger partial charge >= 0.3 is 5.97 Å². The first-order valence-electron chi connectivity index (χ1n) is 27.0. The van der Waals surface area contributed by atoms with E-state index < -0.39 is 137 Å². The summed E-state index contributed by atoms with van der Waals surface area (Å²) < 4.78 is 6.48. The molecule has 4 fully saturated rings. The van der Waals surface area contributed by atoms with Crippen molar-refractivity contribution in [3.8, 4) is 0 Å². The molecule has 434 valence electrons. The highest BCUT2D eigenvalue weighted by atomic mass is 35.5. The van der Waals surface area contributed by atoms with Crippen molar-refractivity contribution in [2.24, 2.45) is 23.7 Å². The van der Waals surface area contributed by atoms with Gasteiger partial charge in [0.15, 0.2) is 0 Å². The molecule has 2 saturated carbocycles. The largest absolute Gasteiger partial charge is 0.458 e. The number of hydroxylamine groups is 4. The Morgan fingerprint density at radius 3 is 1.84 bits per heavy atom. The first-order valence-corrected chi connectivity index (χ1v) is 27.4. The van der Waals surface area contributed by atoms with Gasteiger partial charge in [0.25, 0.3) is 5.91 Å². The lowest BCUT2D eigenvalue weighted by atomic mass is 9.90. The first-order chi connectivity index (χ1) is 38.0. The number of hydrogen-bond donors (Lipinski definition) is 11. The molecule has 0 radical (unpaired) electrons. The molecule has 2 saturated heterocycles. The van der Waals surface area contributed by atoms with Gasteiger partial charge in [-0.1, -0.05) is 129 Å². The highest BCUT2D eigenvalue weighted by Crippen LogP contribution is 2.39. The molecule has 7 amide bonds. The third kappa shape index (κ3) is 14.5. The quantitative estimate of drug-likeness (QED) is 0.0401. The third-order valence-corrected chi connectivity index (χ3v) is 16.3. The Bertz CT molecular complexity index is 2750. The van der Waals surface area contributed by atoms with Gasteiger partial charge in [-0.15, -0.1) is 0 Å². The highest BCUT2D eigenvalue weighted by molar-refractivity contribution is 6.30. The van der Waals surface area contributed by atoms with Crippen molar-refractivity contribution in [1.29, 1.82) is 0 Å². The first kappa shape index (κ1) is 60.7. The summed E-state index contributed by atoms with van der Waals surface area (Å²) in [6.07, 6.45) is 2.39. The van der Waals surface area contributed by atoms with E-state index in [0.29, 0.717) is 22.3 Å². The number of carbonyl (C=O) groups excluding carboxylic acids is 8. The molecular weight excluding hydrogens is 1060 g/mol. The van der Waals surface area contributed by atoms with Gasteiger partial charge in [0.1, 0.15) is 59.2 Å². The van der Waals surface area contributed by atoms with Crippen molar-refractivity contribution in [1.82, 2.24) is 52.0 Å². The number of nitrogens with zero attached hydrogens (tertiary/aromatic N) is 4. The number of esters is 1. The molecule has 2 aromatic carbocycles. The summed E-state index contributed by atoms with van der Waals surface area (Å²) in [6, 6.07) is 7.66. The maximum atomic E-state index is 15.2. The van der Waals surface area contributed by atoms with Gasteiger partial charge in [0, 0.05) is 18.4 Å². The van der Waals surface area contributed by atoms with Crippen LogP contribution < -0.4 is 31.9 Å². The molecule has 3 heterocycles. The second kappa shape index (κ2) is 26.6. The van der Waals surface area contributed by atoms with Gasteiger partial charge in [-0.25, -0.2) is 4.79 Å². The number of ether oxygens (including phenoxy) is 1. The highest BCUT2D eigenvalue weighted by Gasteiger charge is 2.49. The number of halogens is 1. The Morgan fingerprint density at radius 2 is 1.31 bits per heavy atom. The topological polar surface area (TPSA) is 334 Å². The van der Waals surface area contributed by atoms with Crippen LogP contribution in [0.3, 0.4) is 0 Å². The maximum Gasteiger partial charge on any atom is 0.329 e. The molecule has 1 aromatic heterocycles. The van der Waals surface area contributed by atoms with E-state index in [1.165, 1.54) is 24.0 Å². The summed E-state index contributed by atoms with van der Waals surface area (Å²) >= 11 is 6.00. The number of fused-ring (bicyclic) bond motifs is 1. The molecular formula is C55H73ClN10O14. The Labute approximate surface area is 468 Å². The van der Waals surface area contributed by atoms with Gasteiger partial charge in [-0.2, -0.15) is 4.73 Å². The monoisotopic (exact) mass is 1130 g/mol. The third-order valence-electron chi connectivity index (χ3n) is 16.0. The van der Waals surface area contributed by atoms with Crippen molar-refractivity contribution in [2.45, 2.75) is 152 Å². The fourth-order valence-corrected chi connectivity index (χ4v) is 10.9. The van der Waals surface area contributed by atoms with E-state index in [2.05, 4.69) is 31.9 Å². The average Bonchev–Trinajstić information content (AvgIpc) is 4.33. The molecule has 2 aliphatic carbocycles. The van der Waals surface area contributed by atoms with Crippen molar-refractivity contribution in [2.75, 3.05) is 6.54 Å². The van der Waals surface area contributed by atoms with Crippen molar-refractivity contribution < 1.29 is 69.1 Å². The van der Waals surface area contributed by atoms with Crippen LogP contribution >= 0.6 is 11.6 Å². The fourth-order valence-electron chi connectivity index (χ4n) is 10.7. The predicted molar refractivity (Wildman–Crippen MR) is 285 cm³/mol. The summed E-state index contributed by atoms with van der Waals surface area (Å²) in [4.78, 5) is 120. The molecule has 24 nitrogen and oxygen atoms in total. The minimum Gasteiger partial charge on any atom is -0.458 e. The minimum absolute atomic E-state index is 0.0161. The minimum atomic E-state index is -1.89. The summed E-state index contributed by atoms with van der Waals surface area (Å²) in [5, 5.41) is 66.2. The molecule has 3 aromatic rings. The second-order valence-electron chi connectivity index (χ2n) is 21.6. The average molecular weight is 1130 g/mol. The standard InChI is InChI=1S/C55H73ClN10O14/c1-7-15-32-22-42-55(74)80-31(6)47(62-49(68)37(23-35-25-40(35)65(76)77)57-50(69)39-20-21-43(56)64(39)75)53(72)61-45(29(4)33-16-11-9-12-17-33)51(70)58-38(24-36-26-41(36)66(78)79)48(67)60-46(30(5)34-18-13-10-14-19-34)52(71)59-44(28(3)8-2)54(73)63(42)27-32/h7,9-21,28-32,35-38,40-42,44-47,75-79H,8,22-27H2,1-6H3,(H,57,69)(H,58,70)(H,59,71)(H,60,67)(H,61,72)(H,62,68)/b15-7+/t28-,29+,30+,31+,32-,35+,36+,37-,38+,40+,41+,42-,44+,45-,46-,47+/m0/s1. The molecule has 4 aliphatic rings. The zero-order chi connectivity index (χ0) is 58.3. The molecule has 0 unspecified atom stereocenters. The zero-order valence-electron chi connectivity index (χ0n) is 45.3. The van der Waals surface area contributed by atoms with E-state index in [9.17, 15) is 50.0 Å². The van der Waals surface area contributed by atoms with E-state index in [-0.39, 0.29) is 65.9 Å². The number of cyclic esters (lactones) is 1. The van der Waals surface area contributed by atoms with Crippen LogP contribution in [0.5, 0.6) is 0 Å². The summed E-state index contributed by atoms with van der Waals surface area (Å²) in [6.45, 7) is 10.0. The van der Waals surface area contributed by atoms with E-state index in [1.807, 2.05) is 13.0 Å². The molecule has 0 spiro atoms. The molecule has 0 bridgehead atoms. The predicted octanol–water partition coefficient (Wildman–Crippen LogP) is 3.01. The Balaban J connectivity index is 1.33. The Morgan fingerprint density at radius 1 is 0.762 bits per heavy atom. The lowest BCUT2D eigenvalue weighted by Crippen LogP contribution is -2.62. The van der Waals surface area contributed by atoms with Crippen molar-refractivity contribution >= 4 is 58.9 Å². The van der Waals surface area contributed by atoms with Gasteiger partial charge in [0.2, 0.25) is 35.4 Å². The zero-order valence-corrected chi connectivity index (χ0v) is 46.1. The summed E-state index contributed by atoms with van der Waals surface area (Å²) in [5.41, 5.74) is 0.801. The smallest absolute Gasteiger partial charge is 0.329 e. The summed E-state index contributed by atoms with van der Waals surface area (Å²) in [7, 11) is 0. The SMILES string of the molecule is C/C=C/[C@H]1C[C@H]2C(=O)O[C@H](C)[C@@H](NC(=O)[C@H](C[C@@H]3C[C@H]3N(O)O)NC(=O)c3ccc(Cl)n3O)C(=O)N[C@@H]([C@H](C)c3ccccc3)C(=O)N[C@H](C[C@@H]3C[C@H]3N(O)O)C(=O)N[C@@H]([C@H](C)c3ccccc3)C(=O)N[C@H]([C@@H](C)CC)C(=O)N2C1. The number of carbonyl (C=O) groups is 8. The van der Waals surface area contributed by atoms with Crippen LogP contribution in [0.25, 0.3) is 0 Å². The number of allylic oxidation sites excluding steroid dienone is 1. The maximum absolute atomic E-state index is 15.2. The fraction of sp³-hybridized carbons (Fsp3) is 0.527. The van der Waals surface area contributed by atoms with Gasteiger partial charge in [0.05, 0.1) is 12.1 Å². The van der Waals surface area contributed by atoms with Crippen LogP contribution in [-0.2, 0) is 38.3 Å². The molecule has 16 atom stereocenters. The van der Waals surface area contributed by atoms with Crippen LogP contribution in [0.4, 0.5) is 0 Å². The van der Waals surface area contributed by atoms with Crippen LogP contribution in [0.15, 0.2) is 84.9 Å². The number of rotatable bonds is 17. The van der Waals surface area contributed by atoms with E-state index >= 15 is 14.4 Å². The van der Waals surface area contributed by atoms with Crippen LogP contribution in [0, 0.1) is 23.7 Å². The van der Waals surface area contributed by atoms with E-state index in [4.69, 9.17) is 16.3 Å². The second-order valence-corrected chi connectivity index (χ2v) is 22.0. The lowest BCUT2D eigenvalue weighted by Gasteiger charge is -2.34. The van der Waals surface area contributed by atoms with Crippen molar-refractivity contribution in [3.05, 3.63) is 107 Å². The van der Waals surface area contributed by atoms with Gasteiger partial charge in [-0.3, -0.25) is 54.4 Å².